The molecule has 0 bridgehead atoms. The molecule has 0 aliphatic heterocycles. The molecule has 0 aromatic carbocycles. The van der Waals surface area contributed by atoms with Crippen LogP contribution < -0.4 is 5.32 Å². The number of aromatic nitrogens is 3. The fourth-order valence-electron chi connectivity index (χ4n) is 2.62. The number of aryl methyl sites for hydroxylation is 2. The lowest BCUT2D eigenvalue weighted by molar-refractivity contribution is -0.121. The molecular formula is C19H20N4O2. The van der Waals surface area contributed by atoms with Crippen LogP contribution in [0.5, 0.6) is 0 Å². The molecule has 3 aromatic heterocycles. The standard InChI is InChI=1S/C19H20N4O2/c1-13(22-18(24)6-5-16-4-3-11-25-16)17-12-21-19(23-14(17)2)15-7-9-20-10-8-15/h3-4,7-13H,5-6H2,1-2H3,(H,22,24). The van der Waals surface area contributed by atoms with E-state index in [0.29, 0.717) is 18.7 Å². The number of pyridine rings is 1. The Balaban J connectivity index is 1.63. The first kappa shape index (κ1) is 16.8. The van der Waals surface area contributed by atoms with Crippen molar-refractivity contribution in [2.75, 3.05) is 0 Å². The van der Waals surface area contributed by atoms with Gasteiger partial charge in [0.05, 0.1) is 12.3 Å². The van der Waals surface area contributed by atoms with E-state index >= 15 is 0 Å². The van der Waals surface area contributed by atoms with Crippen molar-refractivity contribution < 1.29 is 9.21 Å². The maximum Gasteiger partial charge on any atom is 0.220 e. The number of carbonyl (C=O) groups is 1. The van der Waals surface area contributed by atoms with E-state index in [0.717, 1.165) is 22.6 Å². The van der Waals surface area contributed by atoms with Crippen molar-refractivity contribution in [3.8, 4) is 11.4 Å². The van der Waals surface area contributed by atoms with Crippen molar-refractivity contribution in [1.82, 2.24) is 20.3 Å². The summed E-state index contributed by atoms with van der Waals surface area (Å²) in [5.41, 5.74) is 2.67. The predicted octanol–water partition coefficient (Wildman–Crippen LogP) is 3.25. The Morgan fingerprint density at radius 2 is 2.08 bits per heavy atom. The summed E-state index contributed by atoms with van der Waals surface area (Å²) < 4.78 is 5.24. The van der Waals surface area contributed by atoms with E-state index in [1.54, 1.807) is 24.9 Å². The third-order valence-electron chi connectivity index (χ3n) is 3.98. The predicted molar refractivity (Wildman–Crippen MR) is 93.6 cm³/mol. The van der Waals surface area contributed by atoms with Gasteiger partial charge < -0.3 is 9.73 Å². The molecule has 3 rings (SSSR count). The van der Waals surface area contributed by atoms with Gasteiger partial charge in [-0.2, -0.15) is 0 Å². The second-order valence-electron chi connectivity index (χ2n) is 5.84. The van der Waals surface area contributed by atoms with Crippen LogP contribution in [0.25, 0.3) is 11.4 Å². The summed E-state index contributed by atoms with van der Waals surface area (Å²) in [5, 5.41) is 2.99. The van der Waals surface area contributed by atoms with Crippen molar-refractivity contribution in [3.05, 3.63) is 66.1 Å². The lowest BCUT2D eigenvalue weighted by Crippen LogP contribution is -2.27. The maximum absolute atomic E-state index is 12.1. The lowest BCUT2D eigenvalue weighted by atomic mass is 10.1. The highest BCUT2D eigenvalue weighted by Gasteiger charge is 2.14. The maximum atomic E-state index is 12.1. The van der Waals surface area contributed by atoms with Gasteiger partial charge in [-0.05, 0) is 38.1 Å². The second-order valence-corrected chi connectivity index (χ2v) is 5.84. The van der Waals surface area contributed by atoms with Crippen LogP contribution in [0.4, 0.5) is 0 Å². The molecule has 6 nitrogen and oxygen atoms in total. The minimum absolute atomic E-state index is 0.0264. The Hall–Kier alpha value is -3.02. The molecule has 1 unspecified atom stereocenters. The van der Waals surface area contributed by atoms with E-state index < -0.39 is 0 Å². The molecule has 0 radical (unpaired) electrons. The molecule has 1 amide bonds. The first-order chi connectivity index (χ1) is 12.1. The van der Waals surface area contributed by atoms with Crippen molar-refractivity contribution in [3.63, 3.8) is 0 Å². The summed E-state index contributed by atoms with van der Waals surface area (Å²) in [7, 11) is 0. The van der Waals surface area contributed by atoms with Gasteiger partial charge in [-0.15, -0.1) is 0 Å². The zero-order valence-corrected chi connectivity index (χ0v) is 14.3. The summed E-state index contributed by atoms with van der Waals surface area (Å²) >= 11 is 0. The van der Waals surface area contributed by atoms with E-state index in [9.17, 15) is 4.79 Å². The number of amides is 1. The molecule has 1 N–H and O–H groups in total. The van der Waals surface area contributed by atoms with Gasteiger partial charge in [0, 0.05) is 48.3 Å². The lowest BCUT2D eigenvalue weighted by Gasteiger charge is -2.16. The van der Waals surface area contributed by atoms with E-state index in [1.165, 1.54) is 0 Å². The molecule has 0 saturated carbocycles. The molecule has 1 atom stereocenters. The first-order valence-corrected chi connectivity index (χ1v) is 8.19. The van der Waals surface area contributed by atoms with Crippen LogP contribution in [0, 0.1) is 6.92 Å². The van der Waals surface area contributed by atoms with Gasteiger partial charge in [0.1, 0.15) is 5.76 Å². The normalized spacial score (nSPS) is 11.9. The molecule has 25 heavy (non-hydrogen) atoms. The van der Waals surface area contributed by atoms with Crippen LogP contribution in [0.2, 0.25) is 0 Å². The van der Waals surface area contributed by atoms with Gasteiger partial charge in [0.25, 0.3) is 0 Å². The SMILES string of the molecule is Cc1nc(-c2ccncc2)ncc1C(C)NC(=O)CCc1ccco1. The minimum Gasteiger partial charge on any atom is -0.469 e. The Morgan fingerprint density at radius 1 is 1.28 bits per heavy atom. The topological polar surface area (TPSA) is 80.9 Å². The number of nitrogens with one attached hydrogen (secondary N) is 1. The van der Waals surface area contributed by atoms with Gasteiger partial charge in [-0.3, -0.25) is 9.78 Å². The summed E-state index contributed by atoms with van der Waals surface area (Å²) in [4.78, 5) is 25.1. The molecule has 0 aliphatic carbocycles. The average molecular weight is 336 g/mol. The van der Waals surface area contributed by atoms with Gasteiger partial charge in [0.15, 0.2) is 5.82 Å². The van der Waals surface area contributed by atoms with Crippen LogP contribution in [0.1, 0.15) is 36.4 Å². The van der Waals surface area contributed by atoms with Crippen molar-refractivity contribution in [2.45, 2.75) is 32.7 Å². The summed E-state index contributed by atoms with van der Waals surface area (Å²) in [5.74, 6) is 1.44. The molecule has 128 valence electrons. The van der Waals surface area contributed by atoms with Gasteiger partial charge in [-0.25, -0.2) is 9.97 Å². The Morgan fingerprint density at radius 3 is 2.76 bits per heavy atom. The molecular weight excluding hydrogens is 316 g/mol. The Bertz CT molecular complexity index is 832. The quantitative estimate of drug-likeness (QED) is 0.747. The summed E-state index contributed by atoms with van der Waals surface area (Å²) in [6.07, 6.45) is 7.78. The van der Waals surface area contributed by atoms with Crippen molar-refractivity contribution in [2.24, 2.45) is 0 Å². The van der Waals surface area contributed by atoms with Crippen molar-refractivity contribution in [1.29, 1.82) is 0 Å². The highest BCUT2D eigenvalue weighted by atomic mass is 16.3. The molecule has 6 heteroatoms. The fraction of sp³-hybridized carbons (Fsp3) is 0.263. The van der Waals surface area contributed by atoms with E-state index in [4.69, 9.17) is 4.42 Å². The minimum atomic E-state index is -0.157. The average Bonchev–Trinajstić information content (AvgIpc) is 3.14. The van der Waals surface area contributed by atoms with Crippen LogP contribution >= 0.6 is 0 Å². The molecule has 3 aromatic rings. The highest BCUT2D eigenvalue weighted by molar-refractivity contribution is 5.76. The smallest absolute Gasteiger partial charge is 0.220 e. The van der Waals surface area contributed by atoms with Gasteiger partial charge in [-0.1, -0.05) is 0 Å². The third kappa shape index (κ3) is 4.29. The summed E-state index contributed by atoms with van der Waals surface area (Å²) in [6, 6.07) is 7.27. The molecule has 0 fully saturated rings. The van der Waals surface area contributed by atoms with Crippen LogP contribution in [-0.2, 0) is 11.2 Å². The number of nitrogens with zero attached hydrogens (tertiary/aromatic N) is 3. The van der Waals surface area contributed by atoms with Crippen LogP contribution in [0.15, 0.2) is 53.5 Å². The monoisotopic (exact) mass is 336 g/mol. The first-order valence-electron chi connectivity index (χ1n) is 8.19. The van der Waals surface area contributed by atoms with E-state index in [2.05, 4.69) is 20.3 Å². The number of carbonyl (C=O) groups excluding carboxylic acids is 1. The zero-order chi connectivity index (χ0) is 17.6. The zero-order valence-electron chi connectivity index (χ0n) is 14.3. The Kier molecular flexibility index (Phi) is 5.18. The molecule has 3 heterocycles. The number of hydrogen-bond acceptors (Lipinski definition) is 5. The van der Waals surface area contributed by atoms with Crippen LogP contribution in [-0.4, -0.2) is 20.9 Å². The number of rotatable bonds is 6. The third-order valence-corrected chi connectivity index (χ3v) is 3.98. The highest BCUT2D eigenvalue weighted by Crippen LogP contribution is 2.19. The van der Waals surface area contributed by atoms with Crippen molar-refractivity contribution >= 4 is 5.91 Å². The van der Waals surface area contributed by atoms with Gasteiger partial charge in [0.2, 0.25) is 5.91 Å². The molecule has 0 spiro atoms. The molecule has 0 saturated heterocycles. The number of hydrogen-bond donors (Lipinski definition) is 1. The fourth-order valence-corrected chi connectivity index (χ4v) is 2.62. The largest absolute Gasteiger partial charge is 0.469 e. The number of furan rings is 1. The van der Waals surface area contributed by atoms with Gasteiger partial charge >= 0.3 is 0 Å². The van der Waals surface area contributed by atoms with E-state index in [-0.39, 0.29) is 11.9 Å². The molecule has 0 aliphatic rings. The van der Waals surface area contributed by atoms with E-state index in [1.807, 2.05) is 38.1 Å². The second kappa shape index (κ2) is 7.70. The summed E-state index contributed by atoms with van der Waals surface area (Å²) in [6.45, 7) is 3.86. The Labute approximate surface area is 146 Å². The van der Waals surface area contributed by atoms with Crippen LogP contribution in [0.3, 0.4) is 0 Å².